The lowest BCUT2D eigenvalue weighted by molar-refractivity contribution is -0.137. The van der Waals surface area contributed by atoms with Gasteiger partial charge in [-0.2, -0.15) is 0 Å². The van der Waals surface area contributed by atoms with Crippen LogP contribution in [0.15, 0.2) is 30.3 Å². The molecule has 2 amide bonds. The minimum atomic E-state index is -0.152. The first-order valence-corrected chi connectivity index (χ1v) is 9.12. The maximum Gasteiger partial charge on any atom is 0.260 e. The molecule has 26 heavy (non-hydrogen) atoms. The second-order valence-electron chi connectivity index (χ2n) is 7.03. The Morgan fingerprint density at radius 1 is 1.23 bits per heavy atom. The predicted octanol–water partition coefficient (Wildman–Crippen LogP) is 1.58. The molecule has 144 valence electrons. The summed E-state index contributed by atoms with van der Waals surface area (Å²) in [6.07, 6.45) is 3.99. The molecule has 1 heterocycles. The molecule has 1 saturated heterocycles. The number of rotatable bonds is 7. The monoisotopic (exact) mass is 381 g/mol. The summed E-state index contributed by atoms with van der Waals surface area (Å²) >= 11 is 0. The van der Waals surface area contributed by atoms with E-state index >= 15 is 0 Å². The van der Waals surface area contributed by atoms with E-state index in [1.807, 2.05) is 30.3 Å². The van der Waals surface area contributed by atoms with Crippen LogP contribution in [0.5, 0.6) is 5.75 Å². The van der Waals surface area contributed by atoms with Gasteiger partial charge in [0.05, 0.1) is 5.92 Å². The highest BCUT2D eigenvalue weighted by Gasteiger charge is 2.31. The summed E-state index contributed by atoms with van der Waals surface area (Å²) in [5.74, 6) is 1.03. The molecule has 0 radical (unpaired) electrons. The number of nitrogens with zero attached hydrogens (tertiary/aromatic N) is 1. The maximum atomic E-state index is 12.4. The van der Waals surface area contributed by atoms with Crippen LogP contribution in [0.2, 0.25) is 0 Å². The quantitative estimate of drug-likeness (QED) is 0.751. The zero-order chi connectivity index (χ0) is 17.6. The standard InChI is InChI=1S/C19H27N3O3.ClH/c20-17(14-8-9-14)11-21-19(24)15-5-4-10-22(12-15)18(23)13-25-16-6-2-1-3-7-16;/h1-3,6-7,14-15,17H,4-5,8-13,20H2,(H,21,24);1H. The minimum Gasteiger partial charge on any atom is -0.484 e. The Morgan fingerprint density at radius 2 is 1.96 bits per heavy atom. The molecule has 7 heteroatoms. The molecule has 1 aromatic carbocycles. The van der Waals surface area contributed by atoms with E-state index in [0.29, 0.717) is 31.3 Å². The van der Waals surface area contributed by atoms with Gasteiger partial charge in [-0.25, -0.2) is 0 Å². The molecule has 2 aliphatic rings. The molecular weight excluding hydrogens is 354 g/mol. The molecule has 2 unspecified atom stereocenters. The number of carbonyl (C=O) groups excluding carboxylic acids is 2. The zero-order valence-electron chi connectivity index (χ0n) is 14.9. The normalized spacial score (nSPS) is 20.7. The molecule has 1 aromatic rings. The van der Waals surface area contributed by atoms with Crippen molar-refractivity contribution < 1.29 is 14.3 Å². The highest BCUT2D eigenvalue weighted by Crippen LogP contribution is 2.31. The Hall–Kier alpha value is -1.79. The van der Waals surface area contributed by atoms with Crippen LogP contribution in [0.1, 0.15) is 25.7 Å². The van der Waals surface area contributed by atoms with Crippen LogP contribution in [-0.4, -0.2) is 49.0 Å². The van der Waals surface area contributed by atoms with Crippen LogP contribution in [-0.2, 0) is 9.59 Å². The van der Waals surface area contributed by atoms with Gasteiger partial charge in [0.1, 0.15) is 5.75 Å². The fourth-order valence-corrected chi connectivity index (χ4v) is 3.22. The number of hydrogen-bond acceptors (Lipinski definition) is 4. The number of amides is 2. The second kappa shape index (κ2) is 9.78. The highest BCUT2D eigenvalue weighted by molar-refractivity contribution is 5.85. The number of nitrogens with two attached hydrogens (primary N) is 1. The molecule has 0 spiro atoms. The Balaban J connectivity index is 0.00000243. The van der Waals surface area contributed by atoms with Gasteiger partial charge in [0, 0.05) is 25.7 Å². The van der Waals surface area contributed by atoms with Crippen molar-refractivity contribution in [2.24, 2.45) is 17.6 Å². The number of nitrogens with one attached hydrogen (secondary N) is 1. The summed E-state index contributed by atoms with van der Waals surface area (Å²) in [7, 11) is 0. The number of ether oxygens (including phenoxy) is 1. The van der Waals surface area contributed by atoms with Crippen molar-refractivity contribution in [2.45, 2.75) is 31.7 Å². The van der Waals surface area contributed by atoms with Crippen LogP contribution >= 0.6 is 12.4 Å². The van der Waals surface area contributed by atoms with E-state index in [-0.39, 0.29) is 42.8 Å². The van der Waals surface area contributed by atoms with Crippen molar-refractivity contribution in [1.82, 2.24) is 10.2 Å². The summed E-state index contributed by atoms with van der Waals surface area (Å²) in [4.78, 5) is 26.4. The number of hydrogen-bond donors (Lipinski definition) is 2. The van der Waals surface area contributed by atoms with Crippen LogP contribution in [0.4, 0.5) is 0 Å². The van der Waals surface area contributed by atoms with Crippen molar-refractivity contribution >= 4 is 24.2 Å². The molecule has 1 saturated carbocycles. The SMILES string of the molecule is Cl.NC(CNC(=O)C1CCCN(C(=O)COc2ccccc2)C1)C1CC1. The van der Waals surface area contributed by atoms with E-state index in [4.69, 9.17) is 10.5 Å². The first-order chi connectivity index (χ1) is 12.1. The van der Waals surface area contributed by atoms with Gasteiger partial charge < -0.3 is 20.7 Å². The fraction of sp³-hybridized carbons (Fsp3) is 0.579. The van der Waals surface area contributed by atoms with Gasteiger partial charge in [0.15, 0.2) is 6.61 Å². The van der Waals surface area contributed by atoms with Crippen molar-refractivity contribution in [2.75, 3.05) is 26.2 Å². The lowest BCUT2D eigenvalue weighted by Gasteiger charge is -2.32. The first kappa shape index (κ1) is 20.5. The maximum absolute atomic E-state index is 12.4. The molecule has 2 atom stereocenters. The zero-order valence-corrected chi connectivity index (χ0v) is 15.7. The first-order valence-electron chi connectivity index (χ1n) is 9.12. The van der Waals surface area contributed by atoms with Crippen molar-refractivity contribution in [3.63, 3.8) is 0 Å². The topological polar surface area (TPSA) is 84.7 Å². The van der Waals surface area contributed by atoms with Gasteiger partial charge in [0.25, 0.3) is 5.91 Å². The van der Waals surface area contributed by atoms with E-state index in [9.17, 15) is 9.59 Å². The number of para-hydroxylation sites is 1. The molecule has 0 aromatic heterocycles. The average molecular weight is 382 g/mol. The van der Waals surface area contributed by atoms with Crippen molar-refractivity contribution in [3.05, 3.63) is 30.3 Å². The summed E-state index contributed by atoms with van der Waals surface area (Å²) in [5, 5.41) is 2.96. The number of halogens is 1. The minimum absolute atomic E-state index is 0. The predicted molar refractivity (Wildman–Crippen MR) is 102 cm³/mol. The van der Waals surface area contributed by atoms with E-state index in [1.165, 1.54) is 12.8 Å². The van der Waals surface area contributed by atoms with Crippen LogP contribution in [0.25, 0.3) is 0 Å². The average Bonchev–Trinajstić information content (AvgIpc) is 3.50. The number of likely N-dealkylation sites (tertiary alicyclic amines) is 1. The Bertz CT molecular complexity index is 595. The van der Waals surface area contributed by atoms with Crippen LogP contribution in [0, 0.1) is 11.8 Å². The smallest absolute Gasteiger partial charge is 0.260 e. The molecule has 1 aliphatic heterocycles. The third-order valence-corrected chi connectivity index (χ3v) is 4.99. The van der Waals surface area contributed by atoms with Gasteiger partial charge in [-0.05, 0) is 43.7 Å². The number of benzene rings is 1. The van der Waals surface area contributed by atoms with Crippen molar-refractivity contribution in [1.29, 1.82) is 0 Å². The summed E-state index contributed by atoms with van der Waals surface area (Å²) in [6.45, 7) is 1.68. The van der Waals surface area contributed by atoms with E-state index in [1.54, 1.807) is 4.90 Å². The van der Waals surface area contributed by atoms with E-state index in [2.05, 4.69) is 5.32 Å². The second-order valence-corrected chi connectivity index (χ2v) is 7.03. The summed E-state index contributed by atoms with van der Waals surface area (Å²) < 4.78 is 5.52. The lowest BCUT2D eigenvalue weighted by atomic mass is 9.97. The molecule has 1 aliphatic carbocycles. The van der Waals surface area contributed by atoms with Gasteiger partial charge >= 0.3 is 0 Å². The molecule has 0 bridgehead atoms. The van der Waals surface area contributed by atoms with Gasteiger partial charge in [-0.15, -0.1) is 12.4 Å². The summed E-state index contributed by atoms with van der Waals surface area (Å²) in [6, 6.07) is 9.34. The third-order valence-electron chi connectivity index (χ3n) is 4.99. The van der Waals surface area contributed by atoms with Crippen molar-refractivity contribution in [3.8, 4) is 5.75 Å². The molecule has 6 nitrogen and oxygen atoms in total. The molecule has 3 N–H and O–H groups in total. The van der Waals surface area contributed by atoms with Crippen LogP contribution < -0.4 is 15.8 Å². The Labute approximate surface area is 160 Å². The van der Waals surface area contributed by atoms with Crippen LogP contribution in [0.3, 0.4) is 0 Å². The Morgan fingerprint density at radius 3 is 2.65 bits per heavy atom. The number of piperidine rings is 1. The number of carbonyl (C=O) groups is 2. The van der Waals surface area contributed by atoms with E-state index < -0.39 is 0 Å². The van der Waals surface area contributed by atoms with Gasteiger partial charge in [0.2, 0.25) is 5.91 Å². The largest absolute Gasteiger partial charge is 0.484 e. The van der Waals surface area contributed by atoms with Gasteiger partial charge in [-0.1, -0.05) is 18.2 Å². The van der Waals surface area contributed by atoms with Gasteiger partial charge in [-0.3, -0.25) is 9.59 Å². The molecular formula is C19H28ClN3O3. The third kappa shape index (κ3) is 5.88. The molecule has 3 rings (SSSR count). The fourth-order valence-electron chi connectivity index (χ4n) is 3.22. The highest BCUT2D eigenvalue weighted by atomic mass is 35.5. The lowest BCUT2D eigenvalue weighted by Crippen LogP contribution is -2.48. The Kier molecular flexibility index (Phi) is 7.72. The summed E-state index contributed by atoms with van der Waals surface area (Å²) in [5.41, 5.74) is 6.03. The molecule has 2 fully saturated rings. The van der Waals surface area contributed by atoms with E-state index in [0.717, 1.165) is 12.8 Å².